The van der Waals surface area contributed by atoms with E-state index in [1.165, 1.54) is 26.2 Å². The fourth-order valence-corrected chi connectivity index (χ4v) is 3.77. The molecule has 0 fully saturated rings. The summed E-state index contributed by atoms with van der Waals surface area (Å²) in [5, 5.41) is 4.99. The summed E-state index contributed by atoms with van der Waals surface area (Å²) in [6.45, 7) is 0.906. The first-order chi connectivity index (χ1) is 17.3. The summed E-state index contributed by atoms with van der Waals surface area (Å²) >= 11 is 0. The number of amides is 2. The van der Waals surface area contributed by atoms with Crippen molar-refractivity contribution in [3.05, 3.63) is 94.5 Å². The average molecular weight is 486 g/mol. The smallest absolute Gasteiger partial charge is 0.326 e. The molecule has 0 saturated carbocycles. The summed E-state index contributed by atoms with van der Waals surface area (Å²) in [5.41, 5.74) is 1.29. The van der Waals surface area contributed by atoms with Crippen LogP contribution in [-0.4, -0.2) is 49.1 Å². The van der Waals surface area contributed by atoms with Gasteiger partial charge in [0.1, 0.15) is 12.3 Å². The van der Waals surface area contributed by atoms with Crippen molar-refractivity contribution in [3.63, 3.8) is 0 Å². The second-order valence-corrected chi connectivity index (χ2v) is 7.96. The van der Waals surface area contributed by atoms with Gasteiger partial charge in [-0.3, -0.25) is 24.0 Å². The number of hydrogen-bond donors (Lipinski definition) is 2. The van der Waals surface area contributed by atoms with E-state index in [0.717, 1.165) is 0 Å². The molecule has 0 heterocycles. The number of methoxy groups -OCH3 is 1. The number of rotatable bonds is 7. The van der Waals surface area contributed by atoms with Gasteiger partial charge in [-0.2, -0.15) is 0 Å². The van der Waals surface area contributed by atoms with Crippen LogP contribution in [0.25, 0.3) is 0 Å². The number of esters is 1. The minimum atomic E-state index is -1.23. The quantitative estimate of drug-likeness (QED) is 0.385. The number of ether oxygens (including phenoxy) is 2. The number of benzene rings is 3. The van der Waals surface area contributed by atoms with Crippen LogP contribution in [-0.2, 0) is 14.3 Å². The summed E-state index contributed by atoms with van der Waals surface area (Å²) in [7, 11) is 1.51. The standard InChI is InChI=1S/C27H22N2O7/c1-15(36-22(30)14-28-27(34)16-10-12-17(35-2)13-11-16)26(33)29-21-9-5-8-20-23(21)25(32)19-7-4-3-6-18(19)24(20)31/h3-13,15H,14H2,1-2H3,(H,28,34)(H,29,33). The fourth-order valence-electron chi connectivity index (χ4n) is 3.77. The van der Waals surface area contributed by atoms with E-state index in [9.17, 15) is 24.0 Å². The van der Waals surface area contributed by atoms with Gasteiger partial charge >= 0.3 is 5.97 Å². The third kappa shape index (κ3) is 4.85. The Labute approximate surface area is 206 Å². The first kappa shape index (κ1) is 24.3. The highest BCUT2D eigenvalue weighted by atomic mass is 16.5. The van der Waals surface area contributed by atoms with Crippen LogP contribution < -0.4 is 15.4 Å². The van der Waals surface area contributed by atoms with Gasteiger partial charge in [0.15, 0.2) is 17.7 Å². The van der Waals surface area contributed by atoms with Crippen LogP contribution in [0.3, 0.4) is 0 Å². The molecule has 182 valence electrons. The number of carbonyl (C=O) groups is 5. The number of anilines is 1. The number of carbonyl (C=O) groups excluding carboxylic acids is 5. The molecule has 1 aliphatic rings. The normalized spacial score (nSPS) is 12.6. The minimum absolute atomic E-state index is 0.0832. The predicted octanol–water partition coefficient (Wildman–Crippen LogP) is 2.77. The van der Waals surface area contributed by atoms with Crippen LogP contribution >= 0.6 is 0 Å². The highest BCUT2D eigenvalue weighted by Crippen LogP contribution is 2.32. The van der Waals surface area contributed by atoms with E-state index in [2.05, 4.69) is 10.6 Å². The molecule has 3 aromatic rings. The van der Waals surface area contributed by atoms with Crippen LogP contribution in [0.4, 0.5) is 5.69 Å². The van der Waals surface area contributed by atoms with Gasteiger partial charge in [-0.05, 0) is 37.3 Å². The highest BCUT2D eigenvalue weighted by molar-refractivity contribution is 6.30. The average Bonchev–Trinajstić information content (AvgIpc) is 2.90. The SMILES string of the molecule is COc1ccc(C(=O)NCC(=O)OC(C)C(=O)Nc2cccc3c2C(=O)c2ccccc2C3=O)cc1. The maximum Gasteiger partial charge on any atom is 0.326 e. The maximum atomic E-state index is 13.1. The van der Waals surface area contributed by atoms with Crippen molar-refractivity contribution in [1.82, 2.24) is 5.32 Å². The molecular formula is C27H22N2O7. The highest BCUT2D eigenvalue weighted by Gasteiger charge is 2.32. The van der Waals surface area contributed by atoms with Crippen LogP contribution in [0.15, 0.2) is 66.7 Å². The monoisotopic (exact) mass is 486 g/mol. The number of fused-ring (bicyclic) bond motifs is 2. The lowest BCUT2D eigenvalue weighted by Gasteiger charge is -2.21. The van der Waals surface area contributed by atoms with Crippen LogP contribution in [0.1, 0.15) is 49.1 Å². The van der Waals surface area contributed by atoms with Crippen molar-refractivity contribution in [1.29, 1.82) is 0 Å². The molecule has 0 aliphatic heterocycles. The molecule has 36 heavy (non-hydrogen) atoms. The van der Waals surface area contributed by atoms with Crippen molar-refractivity contribution < 1.29 is 33.4 Å². The molecule has 9 nitrogen and oxygen atoms in total. The fraction of sp³-hybridized carbons (Fsp3) is 0.148. The van der Waals surface area contributed by atoms with E-state index in [0.29, 0.717) is 16.9 Å². The van der Waals surface area contributed by atoms with Crippen LogP contribution in [0, 0.1) is 0 Å². The number of nitrogens with one attached hydrogen (secondary N) is 2. The van der Waals surface area contributed by atoms with Crippen molar-refractivity contribution >= 4 is 35.0 Å². The van der Waals surface area contributed by atoms with E-state index in [1.807, 2.05) is 0 Å². The lowest BCUT2D eigenvalue weighted by atomic mass is 9.83. The van der Waals surface area contributed by atoms with Crippen molar-refractivity contribution in [2.24, 2.45) is 0 Å². The molecule has 0 bridgehead atoms. The summed E-state index contributed by atoms with van der Waals surface area (Å²) in [4.78, 5) is 63.0. The Morgan fingerprint density at radius 1 is 0.833 bits per heavy atom. The first-order valence-electron chi connectivity index (χ1n) is 11.0. The molecule has 0 radical (unpaired) electrons. The Bertz CT molecular complexity index is 1380. The molecule has 0 aromatic heterocycles. The van der Waals surface area contributed by atoms with Gasteiger partial charge in [-0.15, -0.1) is 0 Å². The molecule has 1 aliphatic carbocycles. The number of hydrogen-bond acceptors (Lipinski definition) is 7. The lowest BCUT2D eigenvalue weighted by Crippen LogP contribution is -2.36. The van der Waals surface area contributed by atoms with Gasteiger partial charge in [0.2, 0.25) is 0 Å². The third-order valence-electron chi connectivity index (χ3n) is 5.63. The van der Waals surface area contributed by atoms with Crippen molar-refractivity contribution in [3.8, 4) is 5.75 Å². The van der Waals surface area contributed by atoms with Gasteiger partial charge < -0.3 is 20.1 Å². The second kappa shape index (κ2) is 10.2. The molecule has 0 saturated heterocycles. The Kier molecular flexibility index (Phi) is 6.91. The van der Waals surface area contributed by atoms with E-state index in [-0.39, 0.29) is 33.9 Å². The summed E-state index contributed by atoms with van der Waals surface area (Å²) < 4.78 is 10.2. The van der Waals surface area contributed by atoms with E-state index in [4.69, 9.17) is 9.47 Å². The maximum absolute atomic E-state index is 13.1. The Hall–Kier alpha value is -4.79. The Balaban J connectivity index is 1.38. The van der Waals surface area contributed by atoms with Gasteiger partial charge in [0, 0.05) is 22.3 Å². The van der Waals surface area contributed by atoms with Crippen molar-refractivity contribution in [2.75, 3.05) is 19.0 Å². The lowest BCUT2D eigenvalue weighted by molar-refractivity contribution is -0.152. The Morgan fingerprint density at radius 2 is 1.47 bits per heavy atom. The largest absolute Gasteiger partial charge is 0.497 e. The predicted molar refractivity (Wildman–Crippen MR) is 129 cm³/mol. The second-order valence-electron chi connectivity index (χ2n) is 7.96. The zero-order valence-electron chi connectivity index (χ0n) is 19.5. The topological polar surface area (TPSA) is 128 Å². The van der Waals surface area contributed by atoms with Gasteiger partial charge in [-0.1, -0.05) is 36.4 Å². The third-order valence-corrected chi connectivity index (χ3v) is 5.63. The molecule has 4 rings (SSSR count). The molecule has 9 heteroatoms. The van der Waals surface area contributed by atoms with E-state index < -0.39 is 30.4 Å². The zero-order valence-corrected chi connectivity index (χ0v) is 19.5. The van der Waals surface area contributed by atoms with Gasteiger partial charge in [0.05, 0.1) is 18.4 Å². The zero-order chi connectivity index (χ0) is 25.8. The molecule has 2 N–H and O–H groups in total. The minimum Gasteiger partial charge on any atom is -0.497 e. The molecule has 3 aromatic carbocycles. The summed E-state index contributed by atoms with van der Waals surface area (Å²) in [5.74, 6) is -2.13. The summed E-state index contributed by atoms with van der Waals surface area (Å²) in [6.07, 6.45) is -1.23. The van der Waals surface area contributed by atoms with Crippen LogP contribution in [0.2, 0.25) is 0 Å². The molecule has 0 spiro atoms. The molecule has 1 atom stereocenters. The van der Waals surface area contributed by atoms with E-state index >= 15 is 0 Å². The van der Waals surface area contributed by atoms with Crippen LogP contribution in [0.5, 0.6) is 5.75 Å². The number of ketones is 2. The van der Waals surface area contributed by atoms with Gasteiger partial charge in [0.25, 0.3) is 11.8 Å². The molecule has 1 unspecified atom stereocenters. The van der Waals surface area contributed by atoms with Gasteiger partial charge in [-0.25, -0.2) is 0 Å². The first-order valence-corrected chi connectivity index (χ1v) is 11.0. The molecule has 2 amide bonds. The van der Waals surface area contributed by atoms with E-state index in [1.54, 1.807) is 54.6 Å². The van der Waals surface area contributed by atoms with Crippen molar-refractivity contribution in [2.45, 2.75) is 13.0 Å². The Morgan fingerprint density at radius 3 is 2.14 bits per heavy atom. The molecular weight excluding hydrogens is 464 g/mol. The summed E-state index contributed by atoms with van der Waals surface area (Å²) in [6, 6.07) is 17.4.